The van der Waals surface area contributed by atoms with Gasteiger partial charge in [-0.15, -0.1) is 10.2 Å². The van der Waals surface area contributed by atoms with E-state index in [9.17, 15) is 9.18 Å². The van der Waals surface area contributed by atoms with E-state index in [1.165, 1.54) is 13.0 Å². The molecule has 0 spiro atoms. The molecule has 0 aliphatic rings. The molecule has 1 heterocycles. The Balaban J connectivity index is 0.000000253. The van der Waals surface area contributed by atoms with Gasteiger partial charge in [0.2, 0.25) is 0 Å². The van der Waals surface area contributed by atoms with Crippen molar-refractivity contribution < 1.29 is 18.7 Å². The fraction of sp³-hybridized carbons (Fsp3) is 0.136. The van der Waals surface area contributed by atoms with Crippen molar-refractivity contribution in [3.8, 4) is 23.3 Å². The Morgan fingerprint density at radius 1 is 1.03 bits per heavy atom. The summed E-state index contributed by atoms with van der Waals surface area (Å²) >= 11 is 0. The van der Waals surface area contributed by atoms with Crippen LogP contribution in [0.1, 0.15) is 25.1 Å². The number of hydrogen-bond donors (Lipinski definition) is 1. The fourth-order valence-corrected chi connectivity index (χ4v) is 2.04. The number of para-hydroxylation sites is 1. The number of carbonyl (C=O) groups is 1. The van der Waals surface area contributed by atoms with Gasteiger partial charge in [-0.3, -0.25) is 4.79 Å². The number of benzene rings is 2. The summed E-state index contributed by atoms with van der Waals surface area (Å²) in [6, 6.07) is 16.6. The predicted octanol–water partition coefficient (Wildman–Crippen LogP) is 3.61. The third kappa shape index (κ3) is 7.69. The molecule has 2 aromatic carbocycles. The maximum atomic E-state index is 12.7. The molecule has 148 valence electrons. The third-order valence-electron chi connectivity index (χ3n) is 3.27. The van der Waals surface area contributed by atoms with Crippen LogP contribution in [0.3, 0.4) is 0 Å². The van der Waals surface area contributed by atoms with Gasteiger partial charge in [-0.1, -0.05) is 18.1 Å². The standard InChI is InChI=1S/C14H11N3O2.C8H9FO/c1-10(18)19-13-7-3-11(4-8-13)2-5-12-6-9-14(15)17-16-12;1-2-10-8-6-4-3-5-7(8)9/h3-4,6-9H,1H3,(H2,15,17);3-6H,2H2,1H3. The van der Waals surface area contributed by atoms with E-state index in [2.05, 4.69) is 22.0 Å². The summed E-state index contributed by atoms with van der Waals surface area (Å²) < 4.78 is 22.5. The minimum absolute atomic E-state index is 0.302. The minimum atomic E-state index is -0.351. The first kappa shape index (κ1) is 21.4. The van der Waals surface area contributed by atoms with Crippen LogP contribution in [0, 0.1) is 17.7 Å². The van der Waals surface area contributed by atoms with E-state index >= 15 is 0 Å². The van der Waals surface area contributed by atoms with E-state index in [1.807, 2.05) is 6.92 Å². The number of nitrogens with two attached hydrogens (primary N) is 1. The number of ether oxygens (including phenoxy) is 2. The zero-order chi connectivity index (χ0) is 21.1. The summed E-state index contributed by atoms with van der Waals surface area (Å²) in [4.78, 5) is 10.8. The first-order chi connectivity index (χ1) is 14.0. The Morgan fingerprint density at radius 3 is 2.34 bits per heavy atom. The van der Waals surface area contributed by atoms with Crippen LogP contribution in [0.25, 0.3) is 0 Å². The number of nitrogen functional groups attached to an aromatic ring is 1. The molecule has 3 aromatic rings. The molecule has 2 N–H and O–H groups in total. The summed E-state index contributed by atoms with van der Waals surface area (Å²) in [6.45, 7) is 3.68. The summed E-state index contributed by atoms with van der Waals surface area (Å²) in [7, 11) is 0. The van der Waals surface area contributed by atoms with Gasteiger partial charge in [-0.2, -0.15) is 0 Å². The molecule has 3 rings (SSSR count). The molecule has 0 unspecified atom stereocenters. The lowest BCUT2D eigenvalue weighted by Crippen LogP contribution is -2.00. The van der Waals surface area contributed by atoms with Gasteiger partial charge in [0.15, 0.2) is 11.6 Å². The number of esters is 1. The molecule has 0 bridgehead atoms. The van der Waals surface area contributed by atoms with Gasteiger partial charge >= 0.3 is 5.97 Å². The van der Waals surface area contributed by atoms with Crippen molar-refractivity contribution in [2.75, 3.05) is 12.3 Å². The van der Waals surface area contributed by atoms with Gasteiger partial charge in [-0.25, -0.2) is 4.39 Å². The summed E-state index contributed by atoms with van der Waals surface area (Å²) in [6.07, 6.45) is 0. The van der Waals surface area contributed by atoms with Gasteiger partial charge in [0.05, 0.1) is 6.61 Å². The lowest BCUT2D eigenvalue weighted by Gasteiger charge is -2.01. The molecule has 0 saturated carbocycles. The van der Waals surface area contributed by atoms with E-state index in [0.717, 1.165) is 5.56 Å². The highest BCUT2D eigenvalue weighted by atomic mass is 19.1. The normalized spacial score (nSPS) is 9.34. The van der Waals surface area contributed by atoms with Crippen molar-refractivity contribution in [1.82, 2.24) is 10.2 Å². The van der Waals surface area contributed by atoms with Gasteiger partial charge in [0, 0.05) is 12.5 Å². The van der Waals surface area contributed by atoms with Gasteiger partial charge in [-0.05, 0) is 61.4 Å². The van der Waals surface area contributed by atoms with Crippen molar-refractivity contribution in [3.05, 3.63) is 77.7 Å². The number of halogens is 1. The maximum absolute atomic E-state index is 12.7. The first-order valence-electron chi connectivity index (χ1n) is 8.75. The van der Waals surface area contributed by atoms with Gasteiger partial charge in [0.1, 0.15) is 17.3 Å². The second-order valence-electron chi connectivity index (χ2n) is 5.57. The van der Waals surface area contributed by atoms with Crippen molar-refractivity contribution in [2.45, 2.75) is 13.8 Å². The summed E-state index contributed by atoms with van der Waals surface area (Å²) in [5, 5.41) is 7.54. The minimum Gasteiger partial charge on any atom is -0.491 e. The number of rotatable bonds is 3. The molecular formula is C22H20FN3O3. The zero-order valence-electron chi connectivity index (χ0n) is 16.1. The largest absolute Gasteiger partial charge is 0.491 e. The molecule has 0 saturated heterocycles. The monoisotopic (exact) mass is 393 g/mol. The van der Waals surface area contributed by atoms with E-state index in [0.29, 0.717) is 29.6 Å². The van der Waals surface area contributed by atoms with Crippen LogP contribution in [0.2, 0.25) is 0 Å². The number of aromatic nitrogens is 2. The Kier molecular flexibility index (Phi) is 8.14. The molecule has 0 fully saturated rings. The lowest BCUT2D eigenvalue weighted by molar-refractivity contribution is -0.131. The number of anilines is 1. The summed E-state index contributed by atoms with van der Waals surface area (Å²) in [5.41, 5.74) is 6.75. The maximum Gasteiger partial charge on any atom is 0.308 e. The van der Waals surface area contributed by atoms with Crippen LogP contribution in [0.5, 0.6) is 11.5 Å². The Morgan fingerprint density at radius 2 is 1.76 bits per heavy atom. The van der Waals surface area contributed by atoms with E-state index in [4.69, 9.17) is 15.2 Å². The van der Waals surface area contributed by atoms with Crippen LogP contribution >= 0.6 is 0 Å². The highest BCUT2D eigenvalue weighted by Crippen LogP contribution is 2.14. The fourth-order valence-electron chi connectivity index (χ4n) is 2.04. The average Bonchev–Trinajstić information content (AvgIpc) is 2.71. The van der Waals surface area contributed by atoms with Crippen molar-refractivity contribution >= 4 is 11.8 Å². The lowest BCUT2D eigenvalue weighted by atomic mass is 10.2. The smallest absolute Gasteiger partial charge is 0.308 e. The summed E-state index contributed by atoms with van der Waals surface area (Å²) in [5.74, 6) is 6.31. The molecule has 6 nitrogen and oxygen atoms in total. The molecule has 0 aliphatic carbocycles. The first-order valence-corrected chi connectivity index (χ1v) is 8.75. The average molecular weight is 393 g/mol. The second-order valence-corrected chi connectivity index (χ2v) is 5.57. The number of hydrogen-bond acceptors (Lipinski definition) is 6. The molecular weight excluding hydrogens is 373 g/mol. The SMILES string of the molecule is CC(=O)Oc1ccc(C#Cc2ccc(N)nn2)cc1.CCOc1ccccc1F. The molecule has 0 radical (unpaired) electrons. The predicted molar refractivity (Wildman–Crippen MR) is 108 cm³/mol. The highest BCUT2D eigenvalue weighted by molar-refractivity contribution is 5.69. The zero-order valence-corrected chi connectivity index (χ0v) is 16.1. The Bertz CT molecular complexity index is 994. The van der Waals surface area contributed by atoms with Crippen LogP contribution in [0.4, 0.5) is 10.2 Å². The van der Waals surface area contributed by atoms with Crippen molar-refractivity contribution in [3.63, 3.8) is 0 Å². The van der Waals surface area contributed by atoms with E-state index in [1.54, 1.807) is 54.6 Å². The van der Waals surface area contributed by atoms with Crippen LogP contribution in [0.15, 0.2) is 60.7 Å². The second kappa shape index (κ2) is 11.0. The van der Waals surface area contributed by atoms with Crippen LogP contribution in [-0.2, 0) is 4.79 Å². The molecule has 0 atom stereocenters. The highest BCUT2D eigenvalue weighted by Gasteiger charge is 1.98. The molecule has 0 amide bonds. The van der Waals surface area contributed by atoms with E-state index in [-0.39, 0.29) is 11.8 Å². The number of nitrogens with zero attached hydrogens (tertiary/aromatic N) is 2. The topological polar surface area (TPSA) is 87.3 Å². The molecule has 0 aliphatic heterocycles. The van der Waals surface area contributed by atoms with Gasteiger partial charge in [0.25, 0.3) is 0 Å². The van der Waals surface area contributed by atoms with Crippen molar-refractivity contribution in [1.29, 1.82) is 0 Å². The molecule has 29 heavy (non-hydrogen) atoms. The quantitative estimate of drug-likeness (QED) is 0.416. The Hall–Kier alpha value is -3.92. The van der Waals surface area contributed by atoms with Crippen molar-refractivity contribution in [2.24, 2.45) is 0 Å². The Labute approximate surface area is 168 Å². The van der Waals surface area contributed by atoms with Crippen LogP contribution < -0.4 is 15.2 Å². The third-order valence-corrected chi connectivity index (χ3v) is 3.27. The molecule has 7 heteroatoms. The van der Waals surface area contributed by atoms with Gasteiger partial charge < -0.3 is 15.2 Å². The van der Waals surface area contributed by atoms with E-state index < -0.39 is 0 Å². The number of carbonyl (C=O) groups excluding carboxylic acids is 1. The molecule has 1 aromatic heterocycles. The van der Waals surface area contributed by atoms with Crippen LogP contribution in [-0.4, -0.2) is 22.8 Å².